The Bertz CT molecular complexity index is 921. The molecule has 1 unspecified atom stereocenters. The van der Waals surface area contributed by atoms with Gasteiger partial charge in [-0.15, -0.1) is 11.3 Å². The third-order valence-corrected chi connectivity index (χ3v) is 6.40. The third-order valence-electron chi connectivity index (χ3n) is 5.34. The van der Waals surface area contributed by atoms with Gasteiger partial charge in [0.1, 0.15) is 5.00 Å². The Morgan fingerprint density at radius 2 is 1.93 bits per heavy atom. The van der Waals surface area contributed by atoms with Crippen LogP contribution in [-0.2, 0) is 26.1 Å². The molecule has 29 heavy (non-hydrogen) atoms. The summed E-state index contributed by atoms with van der Waals surface area (Å²) in [6.45, 7) is 3.63. The predicted octanol–water partition coefficient (Wildman–Crippen LogP) is 3.92. The number of Topliss-reactive ketones (excluding diaryl/α,β-unsaturated/α-hetero) is 1. The molecule has 7 heteroatoms. The lowest BCUT2D eigenvalue weighted by atomic mass is 9.66. The highest BCUT2D eigenvalue weighted by molar-refractivity contribution is 7.18. The van der Waals surface area contributed by atoms with Crippen molar-refractivity contribution in [1.29, 1.82) is 0 Å². The summed E-state index contributed by atoms with van der Waals surface area (Å²) >= 11 is 1.16. The van der Waals surface area contributed by atoms with Gasteiger partial charge in [-0.3, -0.25) is 9.59 Å². The number of thiophene rings is 1. The van der Waals surface area contributed by atoms with Gasteiger partial charge in [0.25, 0.3) is 0 Å². The zero-order valence-corrected chi connectivity index (χ0v) is 17.5. The summed E-state index contributed by atoms with van der Waals surface area (Å²) in [4.78, 5) is 37.7. The van der Waals surface area contributed by atoms with Crippen LogP contribution in [0.4, 0.5) is 5.00 Å². The SMILES string of the molecule is CCOC(=O)c1c(N)sc2c1CCC(CCCOC(C)=O)(c1ccccc1)C2=O. The summed E-state index contributed by atoms with van der Waals surface area (Å²) in [6.07, 6.45) is 2.24. The average Bonchev–Trinajstić information content (AvgIpc) is 3.04. The van der Waals surface area contributed by atoms with E-state index in [0.29, 0.717) is 46.7 Å². The first kappa shape index (κ1) is 21.0. The highest BCUT2D eigenvalue weighted by atomic mass is 32.1. The van der Waals surface area contributed by atoms with Gasteiger partial charge in [0.15, 0.2) is 5.78 Å². The number of nitrogens with two attached hydrogens (primary N) is 1. The number of ether oxygens (including phenoxy) is 2. The van der Waals surface area contributed by atoms with Crippen LogP contribution in [-0.4, -0.2) is 30.9 Å². The van der Waals surface area contributed by atoms with Gasteiger partial charge in [0, 0.05) is 6.92 Å². The van der Waals surface area contributed by atoms with Crippen LogP contribution in [0, 0.1) is 0 Å². The first-order chi connectivity index (χ1) is 13.9. The summed E-state index contributed by atoms with van der Waals surface area (Å²) in [5.74, 6) is -0.835. The second-order valence-corrected chi connectivity index (χ2v) is 8.14. The van der Waals surface area contributed by atoms with Crippen molar-refractivity contribution in [1.82, 2.24) is 0 Å². The smallest absolute Gasteiger partial charge is 0.341 e. The van der Waals surface area contributed by atoms with Crippen molar-refractivity contribution in [2.75, 3.05) is 18.9 Å². The molecule has 0 bridgehead atoms. The predicted molar refractivity (Wildman–Crippen MR) is 111 cm³/mol. The Morgan fingerprint density at radius 3 is 2.59 bits per heavy atom. The van der Waals surface area contributed by atoms with E-state index < -0.39 is 11.4 Å². The van der Waals surface area contributed by atoms with Gasteiger partial charge in [-0.2, -0.15) is 0 Å². The van der Waals surface area contributed by atoms with Gasteiger partial charge in [-0.25, -0.2) is 4.79 Å². The Labute approximate surface area is 174 Å². The lowest BCUT2D eigenvalue weighted by Crippen LogP contribution is -2.40. The Balaban J connectivity index is 1.98. The molecule has 3 rings (SSSR count). The number of ketones is 1. The van der Waals surface area contributed by atoms with Gasteiger partial charge < -0.3 is 15.2 Å². The number of anilines is 1. The van der Waals surface area contributed by atoms with E-state index in [1.807, 2.05) is 30.3 Å². The number of esters is 2. The fourth-order valence-corrected chi connectivity index (χ4v) is 5.15. The largest absolute Gasteiger partial charge is 0.466 e. The molecule has 2 N–H and O–H groups in total. The summed E-state index contributed by atoms with van der Waals surface area (Å²) < 4.78 is 10.2. The molecule has 154 valence electrons. The molecular weight excluding hydrogens is 390 g/mol. The molecule has 0 saturated heterocycles. The van der Waals surface area contributed by atoms with Crippen LogP contribution in [0.1, 0.15) is 64.3 Å². The van der Waals surface area contributed by atoms with Crippen molar-refractivity contribution < 1.29 is 23.9 Å². The molecule has 0 aliphatic heterocycles. The lowest BCUT2D eigenvalue weighted by Gasteiger charge is -2.36. The number of carbonyl (C=O) groups excluding carboxylic acids is 3. The first-order valence-electron chi connectivity index (χ1n) is 9.72. The van der Waals surface area contributed by atoms with E-state index in [9.17, 15) is 14.4 Å². The van der Waals surface area contributed by atoms with Gasteiger partial charge in [-0.05, 0) is 43.7 Å². The third kappa shape index (κ3) is 4.05. The molecule has 0 spiro atoms. The van der Waals surface area contributed by atoms with Crippen LogP contribution in [0.25, 0.3) is 0 Å². The van der Waals surface area contributed by atoms with Crippen LogP contribution in [0.5, 0.6) is 0 Å². The van der Waals surface area contributed by atoms with Crippen molar-refractivity contribution in [2.24, 2.45) is 0 Å². The second kappa shape index (κ2) is 8.78. The molecule has 0 fully saturated rings. The summed E-state index contributed by atoms with van der Waals surface area (Å²) in [6, 6.07) is 9.66. The fourth-order valence-electron chi connectivity index (χ4n) is 4.01. The van der Waals surface area contributed by atoms with E-state index in [2.05, 4.69) is 0 Å². The van der Waals surface area contributed by atoms with Crippen molar-refractivity contribution in [3.05, 3.63) is 51.9 Å². The average molecular weight is 416 g/mol. The van der Waals surface area contributed by atoms with Crippen LogP contribution in [0.2, 0.25) is 0 Å². The number of benzene rings is 1. The minimum absolute atomic E-state index is 0.0278. The van der Waals surface area contributed by atoms with Gasteiger partial charge >= 0.3 is 11.9 Å². The highest BCUT2D eigenvalue weighted by Gasteiger charge is 2.46. The molecule has 0 saturated carbocycles. The molecular formula is C22H25NO5S. The Kier molecular flexibility index (Phi) is 6.37. The lowest BCUT2D eigenvalue weighted by molar-refractivity contribution is -0.141. The number of nitrogen functional groups attached to an aromatic ring is 1. The Hall–Kier alpha value is -2.67. The van der Waals surface area contributed by atoms with E-state index in [1.54, 1.807) is 6.92 Å². The van der Waals surface area contributed by atoms with Crippen molar-refractivity contribution in [2.45, 2.75) is 44.9 Å². The molecule has 6 nitrogen and oxygen atoms in total. The monoisotopic (exact) mass is 415 g/mol. The van der Waals surface area contributed by atoms with E-state index in [0.717, 1.165) is 16.9 Å². The van der Waals surface area contributed by atoms with E-state index >= 15 is 0 Å². The number of hydrogen-bond acceptors (Lipinski definition) is 7. The normalized spacial score (nSPS) is 18.2. The molecule has 0 radical (unpaired) electrons. The zero-order chi connectivity index (χ0) is 21.0. The van der Waals surface area contributed by atoms with Crippen LogP contribution in [0.15, 0.2) is 30.3 Å². The summed E-state index contributed by atoms with van der Waals surface area (Å²) in [7, 11) is 0. The molecule has 1 aromatic heterocycles. The topological polar surface area (TPSA) is 95.7 Å². The summed E-state index contributed by atoms with van der Waals surface area (Å²) in [5.41, 5.74) is 7.35. The van der Waals surface area contributed by atoms with Gasteiger partial charge in [0.05, 0.1) is 29.1 Å². The maximum absolute atomic E-state index is 13.7. The van der Waals surface area contributed by atoms with Crippen molar-refractivity contribution >= 4 is 34.1 Å². The zero-order valence-electron chi connectivity index (χ0n) is 16.7. The quantitative estimate of drug-likeness (QED) is 0.544. The molecule has 0 amide bonds. The number of hydrogen-bond donors (Lipinski definition) is 1. The minimum Gasteiger partial charge on any atom is -0.466 e. The van der Waals surface area contributed by atoms with Gasteiger partial charge in [-0.1, -0.05) is 30.3 Å². The van der Waals surface area contributed by atoms with E-state index in [1.165, 1.54) is 6.92 Å². The second-order valence-electron chi connectivity index (χ2n) is 7.09. The maximum Gasteiger partial charge on any atom is 0.341 e. The molecule has 1 atom stereocenters. The highest BCUT2D eigenvalue weighted by Crippen LogP contribution is 2.47. The first-order valence-corrected chi connectivity index (χ1v) is 10.5. The summed E-state index contributed by atoms with van der Waals surface area (Å²) in [5, 5.41) is 0.325. The number of rotatable bonds is 7. The molecule has 1 aromatic carbocycles. The number of fused-ring (bicyclic) bond motifs is 1. The fraction of sp³-hybridized carbons (Fsp3) is 0.409. The molecule has 1 aliphatic rings. The maximum atomic E-state index is 13.7. The van der Waals surface area contributed by atoms with Crippen molar-refractivity contribution in [3.63, 3.8) is 0 Å². The number of carbonyl (C=O) groups is 3. The van der Waals surface area contributed by atoms with Crippen molar-refractivity contribution in [3.8, 4) is 0 Å². The van der Waals surface area contributed by atoms with E-state index in [-0.39, 0.29) is 25.0 Å². The minimum atomic E-state index is -0.725. The molecule has 1 aliphatic carbocycles. The van der Waals surface area contributed by atoms with E-state index in [4.69, 9.17) is 15.2 Å². The molecule has 1 heterocycles. The van der Waals surface area contributed by atoms with Crippen LogP contribution in [0.3, 0.4) is 0 Å². The van der Waals surface area contributed by atoms with Crippen LogP contribution < -0.4 is 5.73 Å². The standard InChI is InChI=1S/C22H25NO5S/c1-3-27-21(26)17-16-10-12-22(11-7-13-28-14(2)24,15-8-5-4-6-9-15)19(25)18(16)29-20(17)23/h4-6,8-9H,3,7,10-13,23H2,1-2H3. The van der Waals surface area contributed by atoms with Crippen LogP contribution >= 0.6 is 11.3 Å². The van der Waals surface area contributed by atoms with Gasteiger partial charge in [0.2, 0.25) is 0 Å². The Morgan fingerprint density at radius 1 is 1.21 bits per heavy atom. The molecule has 2 aromatic rings.